The summed E-state index contributed by atoms with van der Waals surface area (Å²) >= 11 is 10.0. The molecule has 0 atom stereocenters. The van der Waals surface area contributed by atoms with Crippen LogP contribution in [0.1, 0.15) is 39.2 Å². The Morgan fingerprint density at radius 2 is 2.10 bits per heavy atom. The molecule has 1 saturated heterocycles. The second-order valence-corrected chi connectivity index (χ2v) is 9.03. The molecule has 9 heteroatoms. The highest BCUT2D eigenvalue weighted by molar-refractivity contribution is 9.10. The Kier molecular flexibility index (Phi) is 8.98. The lowest BCUT2D eigenvalue weighted by Gasteiger charge is -2.16. The van der Waals surface area contributed by atoms with Gasteiger partial charge in [-0.05, 0) is 60.0 Å². The number of methoxy groups -OCH3 is 1. The van der Waals surface area contributed by atoms with Gasteiger partial charge in [0.25, 0.3) is 5.91 Å². The Balaban J connectivity index is 2.16. The highest BCUT2D eigenvalue weighted by Crippen LogP contribution is 2.39. The van der Waals surface area contributed by atoms with Crippen molar-refractivity contribution in [1.29, 1.82) is 0 Å². The number of halogens is 1. The largest absolute Gasteiger partial charge is 0.493 e. The summed E-state index contributed by atoms with van der Waals surface area (Å²) in [7, 11) is 1.57. The zero-order valence-corrected chi connectivity index (χ0v) is 20.0. The van der Waals surface area contributed by atoms with Crippen LogP contribution < -0.4 is 9.47 Å². The first-order valence-electron chi connectivity index (χ1n) is 9.22. The second-order valence-electron chi connectivity index (χ2n) is 6.50. The smallest absolute Gasteiger partial charge is 0.307 e. The molecule has 1 aromatic rings. The number of carbonyl (C=O) groups excluding carboxylic acids is 2. The van der Waals surface area contributed by atoms with Crippen LogP contribution in [0.2, 0.25) is 0 Å². The minimum Gasteiger partial charge on any atom is -0.493 e. The normalized spacial score (nSPS) is 15.4. The van der Waals surface area contributed by atoms with E-state index in [-0.39, 0.29) is 30.9 Å². The van der Waals surface area contributed by atoms with Crippen molar-refractivity contribution in [3.05, 3.63) is 27.1 Å². The molecule has 2 rings (SSSR count). The molecule has 1 aromatic carbocycles. The quantitative estimate of drug-likeness (QED) is 0.273. The van der Waals surface area contributed by atoms with Crippen LogP contribution in [0.15, 0.2) is 21.5 Å². The number of thioether (sulfide) groups is 1. The minimum absolute atomic E-state index is 0.00804. The van der Waals surface area contributed by atoms with Gasteiger partial charge < -0.3 is 14.2 Å². The van der Waals surface area contributed by atoms with Crippen LogP contribution in [0.3, 0.4) is 0 Å². The van der Waals surface area contributed by atoms with Gasteiger partial charge >= 0.3 is 5.97 Å². The molecular weight excluding hydrogens is 478 g/mol. The van der Waals surface area contributed by atoms with Crippen molar-refractivity contribution in [3.8, 4) is 11.5 Å². The maximum Gasteiger partial charge on any atom is 0.307 e. The molecule has 29 heavy (non-hydrogen) atoms. The highest BCUT2D eigenvalue weighted by atomic mass is 79.9. The van der Waals surface area contributed by atoms with Gasteiger partial charge in [0.1, 0.15) is 4.32 Å². The molecule has 0 unspecified atom stereocenters. The van der Waals surface area contributed by atoms with Gasteiger partial charge in [-0.1, -0.05) is 30.9 Å². The van der Waals surface area contributed by atoms with E-state index < -0.39 is 0 Å². The average molecular weight is 502 g/mol. The molecule has 1 amide bonds. The lowest BCUT2D eigenvalue weighted by Crippen LogP contribution is -2.30. The first-order chi connectivity index (χ1) is 13.8. The van der Waals surface area contributed by atoms with E-state index in [4.69, 9.17) is 26.4 Å². The van der Waals surface area contributed by atoms with Gasteiger partial charge in [-0.25, -0.2) is 0 Å². The Morgan fingerprint density at radius 3 is 2.72 bits per heavy atom. The highest BCUT2D eigenvalue weighted by Gasteiger charge is 2.32. The number of esters is 1. The molecule has 0 spiro atoms. The van der Waals surface area contributed by atoms with Gasteiger partial charge in [-0.2, -0.15) is 0 Å². The van der Waals surface area contributed by atoms with Crippen LogP contribution >= 0.6 is 39.9 Å². The summed E-state index contributed by atoms with van der Waals surface area (Å²) < 4.78 is 17.4. The Labute approximate surface area is 189 Å². The van der Waals surface area contributed by atoms with Gasteiger partial charge in [0.15, 0.2) is 11.5 Å². The fourth-order valence-electron chi connectivity index (χ4n) is 2.51. The molecule has 0 radical (unpaired) electrons. The molecule has 1 aliphatic rings. The van der Waals surface area contributed by atoms with E-state index >= 15 is 0 Å². The van der Waals surface area contributed by atoms with Crippen molar-refractivity contribution in [2.45, 2.75) is 39.7 Å². The van der Waals surface area contributed by atoms with Crippen LogP contribution in [-0.2, 0) is 14.3 Å². The van der Waals surface area contributed by atoms with E-state index in [1.165, 1.54) is 16.7 Å². The third-order valence-electron chi connectivity index (χ3n) is 3.78. The Hall–Kier alpha value is -1.58. The lowest BCUT2D eigenvalue weighted by molar-refractivity contribution is -0.143. The lowest BCUT2D eigenvalue weighted by atomic mass is 10.1. The van der Waals surface area contributed by atoms with Gasteiger partial charge in [-0.15, -0.1) is 0 Å². The monoisotopic (exact) mass is 501 g/mol. The molecule has 0 aromatic heterocycles. The zero-order chi connectivity index (χ0) is 21.6. The van der Waals surface area contributed by atoms with E-state index in [9.17, 15) is 9.59 Å². The fourth-order valence-corrected chi connectivity index (χ4v) is 4.37. The number of carbonyl (C=O) groups is 2. The van der Waals surface area contributed by atoms with Crippen molar-refractivity contribution in [1.82, 2.24) is 4.90 Å². The predicted octanol–water partition coefficient (Wildman–Crippen LogP) is 4.79. The van der Waals surface area contributed by atoms with E-state index in [0.717, 1.165) is 16.5 Å². The molecule has 1 heterocycles. The van der Waals surface area contributed by atoms with Crippen LogP contribution in [0.25, 0.3) is 6.08 Å². The number of ether oxygens (including phenoxy) is 3. The number of amides is 1. The molecule has 0 bridgehead atoms. The van der Waals surface area contributed by atoms with E-state index in [2.05, 4.69) is 15.9 Å². The summed E-state index contributed by atoms with van der Waals surface area (Å²) in [5.74, 6) is 0.617. The maximum absolute atomic E-state index is 12.7. The van der Waals surface area contributed by atoms with Crippen molar-refractivity contribution >= 4 is 62.2 Å². The zero-order valence-electron chi connectivity index (χ0n) is 16.8. The van der Waals surface area contributed by atoms with Crippen LogP contribution in [0.4, 0.5) is 0 Å². The topological polar surface area (TPSA) is 65.1 Å². The van der Waals surface area contributed by atoms with Crippen molar-refractivity contribution in [2.24, 2.45) is 0 Å². The molecule has 0 saturated carbocycles. The fraction of sp³-hybridized carbons (Fsp3) is 0.450. The molecular formula is C20H24BrNO5S2. The summed E-state index contributed by atoms with van der Waals surface area (Å²) in [4.78, 5) is 26.4. The number of benzene rings is 1. The van der Waals surface area contributed by atoms with Gasteiger partial charge in [0, 0.05) is 6.54 Å². The van der Waals surface area contributed by atoms with E-state index in [0.29, 0.717) is 27.3 Å². The first kappa shape index (κ1) is 23.7. The number of hydrogen-bond donors (Lipinski definition) is 0. The standard InChI is InChI=1S/C20H24BrNO5S2/c1-5-8-26-17(23)6-7-22-19(24)16(29-20(22)28)11-13-9-14(21)18(27-12(2)3)15(10-13)25-4/h9-12H,5-8H2,1-4H3/b16-11-. The predicted molar refractivity (Wildman–Crippen MR) is 122 cm³/mol. The van der Waals surface area contributed by atoms with Gasteiger partial charge in [0.2, 0.25) is 0 Å². The number of thiocarbonyl (C=S) groups is 1. The van der Waals surface area contributed by atoms with E-state index in [1.54, 1.807) is 19.3 Å². The number of hydrogen-bond acceptors (Lipinski definition) is 7. The molecule has 0 N–H and O–H groups in total. The van der Waals surface area contributed by atoms with Crippen LogP contribution in [0.5, 0.6) is 11.5 Å². The van der Waals surface area contributed by atoms with Crippen molar-refractivity contribution in [3.63, 3.8) is 0 Å². The summed E-state index contributed by atoms with van der Waals surface area (Å²) in [5.41, 5.74) is 0.771. The summed E-state index contributed by atoms with van der Waals surface area (Å²) in [6.45, 7) is 6.38. The molecule has 6 nitrogen and oxygen atoms in total. The molecule has 1 aliphatic heterocycles. The third kappa shape index (κ3) is 6.45. The summed E-state index contributed by atoms with van der Waals surface area (Å²) in [6, 6.07) is 3.66. The molecule has 1 fully saturated rings. The third-order valence-corrected chi connectivity index (χ3v) is 5.75. The van der Waals surface area contributed by atoms with Crippen molar-refractivity contribution in [2.75, 3.05) is 20.3 Å². The van der Waals surface area contributed by atoms with Crippen molar-refractivity contribution < 1.29 is 23.8 Å². The first-order valence-corrected chi connectivity index (χ1v) is 11.2. The average Bonchev–Trinajstić information content (AvgIpc) is 2.92. The number of nitrogens with zero attached hydrogens (tertiary/aromatic N) is 1. The maximum atomic E-state index is 12.7. The number of rotatable bonds is 9. The summed E-state index contributed by atoms with van der Waals surface area (Å²) in [5, 5.41) is 0. The molecule has 0 aliphatic carbocycles. The minimum atomic E-state index is -0.334. The van der Waals surface area contributed by atoms with Crippen LogP contribution in [0, 0.1) is 0 Å². The molecule has 158 valence electrons. The Bertz CT molecular complexity index is 825. The second kappa shape index (κ2) is 11.0. The van der Waals surface area contributed by atoms with Gasteiger partial charge in [-0.3, -0.25) is 14.5 Å². The Morgan fingerprint density at radius 1 is 1.38 bits per heavy atom. The van der Waals surface area contributed by atoms with E-state index in [1.807, 2.05) is 26.8 Å². The van der Waals surface area contributed by atoms with Crippen LogP contribution in [-0.4, -0.2) is 47.5 Å². The summed E-state index contributed by atoms with van der Waals surface area (Å²) in [6.07, 6.45) is 2.61. The SMILES string of the molecule is CCCOC(=O)CCN1C(=O)/C(=C/c2cc(Br)c(OC(C)C)c(OC)c2)SC1=S. The van der Waals surface area contributed by atoms with Gasteiger partial charge in [0.05, 0.1) is 35.6 Å².